The standard InChI is InChI=1S/C10H20N2O.ClH/c1-3-4-5-11-6-7-12(9-11)8-10(2)13;/h6-7,10,13H,3-5,8-9H2,1-2H3;1H. The van der Waals surface area contributed by atoms with Crippen LogP contribution in [0, 0.1) is 0 Å². The number of unbranched alkanes of at least 4 members (excludes halogenated alkanes) is 1. The quantitative estimate of drug-likeness (QED) is 0.763. The second-order valence-electron chi connectivity index (χ2n) is 3.73. The predicted molar refractivity (Wildman–Crippen MR) is 61.3 cm³/mol. The summed E-state index contributed by atoms with van der Waals surface area (Å²) >= 11 is 0. The Hall–Kier alpha value is -0.410. The van der Waals surface area contributed by atoms with Gasteiger partial charge in [0.2, 0.25) is 0 Å². The Bertz CT molecular complexity index is 174. The van der Waals surface area contributed by atoms with Crippen LogP contribution in [0.2, 0.25) is 0 Å². The second-order valence-corrected chi connectivity index (χ2v) is 3.73. The van der Waals surface area contributed by atoms with E-state index in [0.29, 0.717) is 0 Å². The van der Waals surface area contributed by atoms with E-state index in [1.165, 1.54) is 12.8 Å². The molecule has 0 saturated heterocycles. The van der Waals surface area contributed by atoms with Gasteiger partial charge in [-0.15, -0.1) is 12.4 Å². The zero-order valence-electron chi connectivity index (χ0n) is 9.02. The van der Waals surface area contributed by atoms with Crippen molar-refractivity contribution in [3.8, 4) is 0 Å². The smallest absolute Gasteiger partial charge is 0.0894 e. The molecule has 0 spiro atoms. The molecule has 0 aromatic rings. The molecule has 14 heavy (non-hydrogen) atoms. The maximum absolute atomic E-state index is 9.18. The Balaban J connectivity index is 0.00000169. The SMILES string of the molecule is CCCCN1C=CN(CC(C)O)C1.Cl. The lowest BCUT2D eigenvalue weighted by Crippen LogP contribution is -2.30. The molecule has 1 N–H and O–H groups in total. The van der Waals surface area contributed by atoms with Gasteiger partial charge in [0.1, 0.15) is 0 Å². The number of nitrogens with zero attached hydrogens (tertiary/aromatic N) is 2. The van der Waals surface area contributed by atoms with Gasteiger partial charge >= 0.3 is 0 Å². The first-order valence-corrected chi connectivity index (χ1v) is 5.07. The third-order valence-corrected chi connectivity index (χ3v) is 2.15. The fourth-order valence-corrected chi connectivity index (χ4v) is 1.48. The summed E-state index contributed by atoms with van der Waals surface area (Å²) in [4.78, 5) is 4.42. The van der Waals surface area contributed by atoms with Crippen molar-refractivity contribution in [3.05, 3.63) is 12.4 Å². The zero-order valence-corrected chi connectivity index (χ0v) is 9.83. The molecule has 4 heteroatoms. The number of rotatable bonds is 5. The summed E-state index contributed by atoms with van der Waals surface area (Å²) < 4.78 is 0. The fraction of sp³-hybridized carbons (Fsp3) is 0.800. The van der Waals surface area contributed by atoms with E-state index in [-0.39, 0.29) is 18.5 Å². The van der Waals surface area contributed by atoms with E-state index in [4.69, 9.17) is 0 Å². The lowest BCUT2D eigenvalue weighted by Gasteiger charge is -2.21. The highest BCUT2D eigenvalue weighted by atomic mass is 35.5. The summed E-state index contributed by atoms with van der Waals surface area (Å²) in [5.41, 5.74) is 0. The molecule has 84 valence electrons. The summed E-state index contributed by atoms with van der Waals surface area (Å²) in [5.74, 6) is 0. The highest BCUT2D eigenvalue weighted by Crippen LogP contribution is 2.08. The lowest BCUT2D eigenvalue weighted by molar-refractivity contribution is 0.138. The zero-order chi connectivity index (χ0) is 9.68. The third kappa shape index (κ3) is 4.72. The van der Waals surface area contributed by atoms with Gasteiger partial charge in [-0.3, -0.25) is 0 Å². The van der Waals surface area contributed by atoms with Crippen LogP contribution < -0.4 is 0 Å². The molecule has 1 heterocycles. The molecule has 1 aliphatic rings. The largest absolute Gasteiger partial charge is 0.392 e. The molecule has 0 bridgehead atoms. The molecule has 0 saturated carbocycles. The van der Waals surface area contributed by atoms with Crippen LogP contribution in [0.3, 0.4) is 0 Å². The van der Waals surface area contributed by atoms with Gasteiger partial charge in [0.15, 0.2) is 0 Å². The maximum Gasteiger partial charge on any atom is 0.0894 e. The molecule has 1 rings (SSSR count). The Labute approximate surface area is 92.8 Å². The molecular weight excluding hydrogens is 200 g/mol. The van der Waals surface area contributed by atoms with Crippen molar-refractivity contribution in [2.24, 2.45) is 0 Å². The predicted octanol–water partition coefficient (Wildman–Crippen LogP) is 1.64. The van der Waals surface area contributed by atoms with Gasteiger partial charge in [0, 0.05) is 25.5 Å². The van der Waals surface area contributed by atoms with Crippen LogP contribution in [0.1, 0.15) is 26.7 Å². The van der Waals surface area contributed by atoms with Gasteiger partial charge in [-0.05, 0) is 13.3 Å². The molecule has 0 aromatic carbocycles. The van der Waals surface area contributed by atoms with Crippen LogP contribution >= 0.6 is 12.4 Å². The van der Waals surface area contributed by atoms with Crippen LogP contribution in [0.4, 0.5) is 0 Å². The van der Waals surface area contributed by atoms with E-state index in [0.717, 1.165) is 19.8 Å². The van der Waals surface area contributed by atoms with Gasteiger partial charge < -0.3 is 14.9 Å². The van der Waals surface area contributed by atoms with Crippen molar-refractivity contribution in [3.63, 3.8) is 0 Å². The minimum absolute atomic E-state index is 0. The van der Waals surface area contributed by atoms with E-state index < -0.39 is 0 Å². The Kier molecular flexibility index (Phi) is 6.75. The van der Waals surface area contributed by atoms with Crippen LogP contribution in [0.5, 0.6) is 0 Å². The van der Waals surface area contributed by atoms with Crippen LogP contribution in [0.25, 0.3) is 0 Å². The highest BCUT2D eigenvalue weighted by Gasteiger charge is 2.12. The van der Waals surface area contributed by atoms with Crippen molar-refractivity contribution in [1.82, 2.24) is 9.80 Å². The van der Waals surface area contributed by atoms with Gasteiger partial charge in [-0.1, -0.05) is 13.3 Å². The topological polar surface area (TPSA) is 26.7 Å². The molecule has 0 fully saturated rings. The summed E-state index contributed by atoms with van der Waals surface area (Å²) in [6.07, 6.45) is 6.41. The summed E-state index contributed by atoms with van der Waals surface area (Å²) in [6, 6.07) is 0. The third-order valence-electron chi connectivity index (χ3n) is 2.15. The average Bonchev–Trinajstić information content (AvgIpc) is 2.48. The molecule has 0 radical (unpaired) electrons. The van der Waals surface area contributed by atoms with Crippen molar-refractivity contribution in [1.29, 1.82) is 0 Å². The van der Waals surface area contributed by atoms with Crippen molar-refractivity contribution < 1.29 is 5.11 Å². The lowest BCUT2D eigenvalue weighted by atomic mass is 10.3. The first kappa shape index (κ1) is 13.6. The van der Waals surface area contributed by atoms with Crippen molar-refractivity contribution in [2.45, 2.75) is 32.8 Å². The molecule has 0 aromatic heterocycles. The molecule has 0 amide bonds. The van der Waals surface area contributed by atoms with Crippen LogP contribution in [0.15, 0.2) is 12.4 Å². The number of aliphatic hydroxyl groups excluding tert-OH is 1. The number of β-amino-alcohol motifs (C(OH)–C–C–N with tert-alkyl or cyclic N) is 1. The fourth-order valence-electron chi connectivity index (χ4n) is 1.48. The van der Waals surface area contributed by atoms with E-state index in [1.807, 2.05) is 6.92 Å². The van der Waals surface area contributed by atoms with E-state index >= 15 is 0 Å². The van der Waals surface area contributed by atoms with Crippen molar-refractivity contribution in [2.75, 3.05) is 19.8 Å². The number of aliphatic hydroxyl groups is 1. The average molecular weight is 221 g/mol. The number of halogens is 1. The molecule has 1 unspecified atom stereocenters. The normalized spacial score (nSPS) is 17.1. The van der Waals surface area contributed by atoms with Gasteiger partial charge in [-0.25, -0.2) is 0 Å². The molecular formula is C10H21ClN2O. The van der Waals surface area contributed by atoms with Crippen LogP contribution in [-0.4, -0.2) is 40.8 Å². The second kappa shape index (κ2) is 6.96. The Morgan fingerprint density at radius 3 is 2.57 bits per heavy atom. The van der Waals surface area contributed by atoms with Gasteiger partial charge in [-0.2, -0.15) is 0 Å². The Morgan fingerprint density at radius 2 is 2.00 bits per heavy atom. The minimum atomic E-state index is -0.240. The molecule has 1 aliphatic heterocycles. The first-order chi connectivity index (χ1) is 6.22. The highest BCUT2D eigenvalue weighted by molar-refractivity contribution is 5.85. The maximum atomic E-state index is 9.18. The molecule has 1 atom stereocenters. The van der Waals surface area contributed by atoms with E-state index in [9.17, 15) is 5.11 Å². The summed E-state index contributed by atoms with van der Waals surface area (Å²) in [7, 11) is 0. The molecule has 3 nitrogen and oxygen atoms in total. The van der Waals surface area contributed by atoms with Gasteiger partial charge in [0.05, 0.1) is 12.8 Å². The van der Waals surface area contributed by atoms with E-state index in [2.05, 4.69) is 29.1 Å². The van der Waals surface area contributed by atoms with E-state index in [1.54, 1.807) is 0 Å². The Morgan fingerprint density at radius 1 is 1.36 bits per heavy atom. The monoisotopic (exact) mass is 220 g/mol. The number of hydrogen-bond donors (Lipinski definition) is 1. The van der Waals surface area contributed by atoms with Crippen molar-refractivity contribution >= 4 is 12.4 Å². The first-order valence-electron chi connectivity index (χ1n) is 5.07. The van der Waals surface area contributed by atoms with Gasteiger partial charge in [0.25, 0.3) is 0 Å². The minimum Gasteiger partial charge on any atom is -0.392 e. The van der Waals surface area contributed by atoms with Crippen LogP contribution in [-0.2, 0) is 0 Å². The molecule has 0 aliphatic carbocycles. The number of hydrogen-bond acceptors (Lipinski definition) is 3. The summed E-state index contributed by atoms with van der Waals surface area (Å²) in [5, 5.41) is 9.18. The summed E-state index contributed by atoms with van der Waals surface area (Å²) in [6.45, 7) is 6.82.